The Balaban J connectivity index is 1.89. The quantitative estimate of drug-likeness (QED) is 0.407. The van der Waals surface area contributed by atoms with E-state index < -0.39 is 11.4 Å². The molecule has 0 atom stereocenters. The second-order valence-corrected chi connectivity index (χ2v) is 9.26. The lowest BCUT2D eigenvalue weighted by Gasteiger charge is -2.26. The van der Waals surface area contributed by atoms with Crippen molar-refractivity contribution in [3.8, 4) is 23.7 Å². The van der Waals surface area contributed by atoms with Gasteiger partial charge in [-0.15, -0.1) is 0 Å². The third-order valence-corrected chi connectivity index (χ3v) is 6.14. The Morgan fingerprint density at radius 3 is 1.47 bits per heavy atom. The van der Waals surface area contributed by atoms with E-state index in [0.717, 1.165) is 16.7 Å². The van der Waals surface area contributed by atoms with Gasteiger partial charge in [-0.25, -0.2) is 0 Å². The van der Waals surface area contributed by atoms with E-state index in [2.05, 4.69) is 75.6 Å². The van der Waals surface area contributed by atoms with E-state index in [-0.39, 0.29) is 12.8 Å². The first-order chi connectivity index (χ1) is 16.3. The summed E-state index contributed by atoms with van der Waals surface area (Å²) in [7, 11) is 0. The maximum atomic E-state index is 12.6. The van der Waals surface area contributed by atoms with Crippen LogP contribution in [0.5, 0.6) is 0 Å². The minimum atomic E-state index is -1.20. The van der Waals surface area contributed by atoms with E-state index in [4.69, 9.17) is 0 Å². The number of carboxylic acids is 1. The Morgan fingerprint density at radius 1 is 0.706 bits per heavy atom. The normalized spacial score (nSPS) is 10.9. The summed E-state index contributed by atoms with van der Waals surface area (Å²) in [5.41, 5.74) is 3.80. The number of aliphatic carboxylic acids is 1. The first kappa shape index (κ1) is 24.9. The second kappa shape index (κ2) is 11.4. The molecule has 2 nitrogen and oxygen atoms in total. The first-order valence-electron chi connectivity index (χ1n) is 11.8. The zero-order chi connectivity index (χ0) is 24.6. The van der Waals surface area contributed by atoms with Crippen LogP contribution in [0.3, 0.4) is 0 Å². The molecule has 0 saturated carbocycles. The van der Waals surface area contributed by atoms with Gasteiger partial charge < -0.3 is 5.11 Å². The summed E-state index contributed by atoms with van der Waals surface area (Å²) in [6, 6.07) is 25.6. The van der Waals surface area contributed by atoms with Crippen molar-refractivity contribution in [3.63, 3.8) is 0 Å². The van der Waals surface area contributed by atoms with Gasteiger partial charge in [-0.3, -0.25) is 4.79 Å². The van der Waals surface area contributed by atoms with Crippen molar-refractivity contribution in [2.45, 2.75) is 57.8 Å². The van der Waals surface area contributed by atoms with Crippen molar-refractivity contribution in [2.75, 3.05) is 0 Å². The predicted molar refractivity (Wildman–Crippen MR) is 140 cm³/mol. The minimum absolute atomic E-state index is 0.180. The molecule has 0 amide bonds. The molecule has 1 N–H and O–H groups in total. The van der Waals surface area contributed by atoms with Gasteiger partial charge in [-0.2, -0.15) is 0 Å². The average molecular weight is 449 g/mol. The van der Waals surface area contributed by atoms with Crippen LogP contribution in [0.2, 0.25) is 0 Å². The minimum Gasteiger partial charge on any atom is -0.481 e. The number of benzene rings is 3. The maximum Gasteiger partial charge on any atom is 0.316 e. The number of hydrogen-bond donors (Lipinski definition) is 1. The Labute approximate surface area is 204 Å². The van der Waals surface area contributed by atoms with Crippen LogP contribution in [0.4, 0.5) is 0 Å². The highest BCUT2D eigenvalue weighted by atomic mass is 16.4. The smallest absolute Gasteiger partial charge is 0.316 e. The molecule has 3 aromatic carbocycles. The summed E-state index contributed by atoms with van der Waals surface area (Å²) in [5.74, 6) is 12.6. The summed E-state index contributed by atoms with van der Waals surface area (Å²) >= 11 is 0. The van der Waals surface area contributed by atoms with Gasteiger partial charge in [-0.05, 0) is 52.8 Å². The number of carboxylic acid groups (broad SMARTS) is 1. The first-order valence-corrected chi connectivity index (χ1v) is 11.8. The standard InChI is InChI=1S/C32H32O2/c1-24(2)28-18-14-26(15-19-28)10-8-22-32(31(33)34,30-12-6-5-7-13-30)23-9-11-27-16-20-29(21-17-27)25(3)4/h5-7,12-21,24-25H,22-23H2,1-4H3,(H,33,34). The van der Waals surface area contributed by atoms with Crippen LogP contribution in [0.15, 0.2) is 78.9 Å². The molecule has 0 heterocycles. The summed E-state index contributed by atoms with van der Waals surface area (Å²) in [5, 5.41) is 10.3. The maximum absolute atomic E-state index is 12.6. The van der Waals surface area contributed by atoms with Crippen LogP contribution in [0.25, 0.3) is 0 Å². The zero-order valence-corrected chi connectivity index (χ0v) is 20.4. The molecule has 3 rings (SSSR count). The molecule has 0 aliphatic rings. The highest BCUT2D eigenvalue weighted by Gasteiger charge is 2.39. The summed E-state index contributed by atoms with van der Waals surface area (Å²) in [6.07, 6.45) is 0.360. The monoisotopic (exact) mass is 448 g/mol. The van der Waals surface area contributed by atoms with Crippen LogP contribution in [0.1, 0.15) is 80.2 Å². The molecular formula is C32H32O2. The summed E-state index contributed by atoms with van der Waals surface area (Å²) < 4.78 is 0. The molecule has 0 fully saturated rings. The third kappa shape index (κ3) is 6.18. The van der Waals surface area contributed by atoms with Gasteiger partial charge in [-0.1, -0.05) is 106 Å². The van der Waals surface area contributed by atoms with Gasteiger partial charge in [0.25, 0.3) is 0 Å². The van der Waals surface area contributed by atoms with Gasteiger partial charge in [0, 0.05) is 24.0 Å². The molecule has 3 aromatic rings. The van der Waals surface area contributed by atoms with Crippen molar-refractivity contribution in [2.24, 2.45) is 0 Å². The molecule has 0 aliphatic heterocycles. The molecule has 0 aromatic heterocycles. The van der Waals surface area contributed by atoms with E-state index in [1.54, 1.807) is 0 Å². The number of carbonyl (C=O) groups is 1. The lowest BCUT2D eigenvalue weighted by Crippen LogP contribution is -2.35. The van der Waals surface area contributed by atoms with E-state index in [1.807, 2.05) is 54.6 Å². The number of hydrogen-bond acceptors (Lipinski definition) is 1. The molecule has 0 spiro atoms. The highest BCUT2D eigenvalue weighted by molar-refractivity contribution is 5.82. The molecule has 0 radical (unpaired) electrons. The van der Waals surface area contributed by atoms with Gasteiger partial charge in [0.05, 0.1) is 0 Å². The predicted octanol–water partition coefficient (Wildman–Crippen LogP) is 7.14. The average Bonchev–Trinajstić information content (AvgIpc) is 2.84. The molecule has 0 saturated heterocycles. The van der Waals surface area contributed by atoms with Gasteiger partial charge in [0.2, 0.25) is 0 Å². The van der Waals surface area contributed by atoms with Crippen molar-refractivity contribution in [1.82, 2.24) is 0 Å². The van der Waals surface area contributed by atoms with Gasteiger partial charge >= 0.3 is 5.97 Å². The molecule has 2 heteroatoms. The molecule has 0 bridgehead atoms. The van der Waals surface area contributed by atoms with Gasteiger partial charge in [0.15, 0.2) is 0 Å². The lowest BCUT2D eigenvalue weighted by atomic mass is 9.75. The van der Waals surface area contributed by atoms with E-state index >= 15 is 0 Å². The Morgan fingerprint density at radius 2 is 1.12 bits per heavy atom. The van der Waals surface area contributed by atoms with Crippen molar-refractivity contribution in [1.29, 1.82) is 0 Å². The third-order valence-electron chi connectivity index (χ3n) is 6.14. The van der Waals surface area contributed by atoms with E-state index in [1.165, 1.54) is 11.1 Å². The SMILES string of the molecule is CC(C)c1ccc(C#CCC(CC#Cc2ccc(C(C)C)cc2)(C(=O)O)c2ccccc2)cc1. The van der Waals surface area contributed by atoms with Crippen molar-refractivity contribution in [3.05, 3.63) is 107 Å². The Kier molecular flexibility index (Phi) is 8.34. The summed E-state index contributed by atoms with van der Waals surface area (Å²) in [4.78, 5) is 12.6. The second-order valence-electron chi connectivity index (χ2n) is 9.26. The van der Waals surface area contributed by atoms with Gasteiger partial charge in [0.1, 0.15) is 5.41 Å². The highest BCUT2D eigenvalue weighted by Crippen LogP contribution is 2.32. The van der Waals surface area contributed by atoms with Crippen LogP contribution < -0.4 is 0 Å². The molecule has 172 valence electrons. The molecule has 0 aliphatic carbocycles. The van der Waals surface area contributed by atoms with Crippen LogP contribution >= 0.6 is 0 Å². The lowest BCUT2D eigenvalue weighted by molar-refractivity contribution is -0.143. The van der Waals surface area contributed by atoms with Crippen LogP contribution in [0, 0.1) is 23.7 Å². The summed E-state index contributed by atoms with van der Waals surface area (Å²) in [6.45, 7) is 8.62. The zero-order valence-electron chi connectivity index (χ0n) is 20.4. The van der Waals surface area contributed by atoms with Crippen LogP contribution in [-0.2, 0) is 10.2 Å². The topological polar surface area (TPSA) is 37.3 Å². The fourth-order valence-electron chi connectivity index (χ4n) is 3.80. The molecule has 34 heavy (non-hydrogen) atoms. The molecule has 0 unspecified atom stereocenters. The fraction of sp³-hybridized carbons (Fsp3) is 0.281. The fourth-order valence-corrected chi connectivity index (χ4v) is 3.80. The van der Waals surface area contributed by atoms with Crippen molar-refractivity contribution >= 4 is 5.97 Å². The Bertz CT molecular complexity index is 1140. The van der Waals surface area contributed by atoms with E-state index in [9.17, 15) is 9.90 Å². The largest absolute Gasteiger partial charge is 0.481 e. The van der Waals surface area contributed by atoms with Crippen molar-refractivity contribution < 1.29 is 9.90 Å². The van der Waals surface area contributed by atoms with Crippen LogP contribution in [-0.4, -0.2) is 11.1 Å². The number of rotatable bonds is 6. The molecular weight excluding hydrogens is 416 g/mol. The van der Waals surface area contributed by atoms with E-state index in [0.29, 0.717) is 11.8 Å². The Hall–Kier alpha value is -3.75.